The fourth-order valence-corrected chi connectivity index (χ4v) is 10.4. The molecule has 12 atom stereocenters. The molecule has 6 aromatic rings. The molecule has 0 saturated heterocycles. The van der Waals surface area contributed by atoms with E-state index in [1.165, 1.54) is 66.7 Å². The van der Waals surface area contributed by atoms with Crippen molar-refractivity contribution in [2.75, 3.05) is 0 Å². The molecule has 0 aromatic heterocycles. The van der Waals surface area contributed by atoms with Gasteiger partial charge < -0.3 is 177 Å². The van der Waals surface area contributed by atoms with Crippen molar-refractivity contribution in [1.29, 1.82) is 0 Å². The van der Waals surface area contributed by atoms with Crippen LogP contribution in [0.15, 0.2) is 127 Å². The summed E-state index contributed by atoms with van der Waals surface area (Å²) in [7, 11) is 0. The van der Waals surface area contributed by atoms with Crippen molar-refractivity contribution >= 4 is 53.7 Å². The molecule has 3 fully saturated rings. The van der Waals surface area contributed by atoms with Gasteiger partial charge >= 0.3 is 52.0 Å². The summed E-state index contributed by atoms with van der Waals surface area (Å²) in [5.41, 5.74) is 42.5. The summed E-state index contributed by atoms with van der Waals surface area (Å²) in [6.45, 7) is 3.73. The maximum Gasteiger partial charge on any atom is 3.00 e. The molecule has 9 rings (SSSR count). The van der Waals surface area contributed by atoms with Crippen LogP contribution in [-0.2, 0) is 133 Å². The van der Waals surface area contributed by atoms with Crippen LogP contribution in [0.2, 0.25) is 0 Å². The molecule has 0 amide bonds. The molecule has 46 heteroatoms. The summed E-state index contributed by atoms with van der Waals surface area (Å²) in [5.74, 6) is -12.1. The largest absolute Gasteiger partial charge is 3.00 e. The number of nitrogens with one attached hydrogen (secondary N) is 6. The fraction of sp³-hybridized carbons (Fsp3) is 0.416. The van der Waals surface area contributed by atoms with E-state index in [9.17, 15) is 63.6 Å². The molecule has 3 saturated carbocycles. The van der Waals surface area contributed by atoms with Gasteiger partial charge in [0, 0.05) is 55.6 Å². The molecule has 0 aliphatic heterocycles. The Morgan fingerprint density at radius 3 is 0.659 bits per heavy atom. The van der Waals surface area contributed by atoms with Gasteiger partial charge in [0.2, 0.25) is 0 Å². The molecule has 3 aliphatic carbocycles. The molecular formula is C77H100Fe3N6O37. The van der Waals surface area contributed by atoms with Gasteiger partial charge in [0.25, 0.3) is 35.8 Å². The monoisotopic (exact) mass is 1870 g/mol. The Morgan fingerprint density at radius 1 is 0.293 bits per heavy atom. The predicted octanol–water partition coefficient (Wildman–Crippen LogP) is 1.99. The second-order valence-electron chi connectivity index (χ2n) is 27.8. The third-order valence-electron chi connectivity index (χ3n) is 17.6. The number of phenolic OH excluding ortho intramolecular Hbond substituents is 7. The quantitative estimate of drug-likeness (QED) is 0.0362. The van der Waals surface area contributed by atoms with Gasteiger partial charge in [-0.15, -0.1) is 0 Å². The van der Waals surface area contributed by atoms with Crippen LogP contribution in [0, 0.1) is 13.8 Å². The van der Waals surface area contributed by atoms with Crippen LogP contribution in [0.3, 0.4) is 0 Å². The number of phenols is 7. The maximum absolute atomic E-state index is 10.5. The van der Waals surface area contributed by atoms with Crippen LogP contribution in [0.25, 0.3) is 34.4 Å². The minimum atomic E-state index is -2.14. The molecule has 0 spiro atoms. The minimum Gasteiger partial charge on any atom is -0.665 e. The van der Waals surface area contributed by atoms with E-state index in [1.54, 1.807) is 43.3 Å². The molecule has 0 heterocycles. The summed E-state index contributed by atoms with van der Waals surface area (Å²) in [6.07, 6.45) is -14.8. The molecule has 123 heavy (non-hydrogen) atoms. The van der Waals surface area contributed by atoms with E-state index in [2.05, 4.69) is 0 Å². The van der Waals surface area contributed by atoms with Crippen molar-refractivity contribution in [3.8, 4) is 40.2 Å². The summed E-state index contributed by atoms with van der Waals surface area (Å²) >= 11 is 0. The first kappa shape index (κ1) is 117. The van der Waals surface area contributed by atoms with Gasteiger partial charge in [0.1, 0.15) is 35.6 Å². The van der Waals surface area contributed by atoms with E-state index < -0.39 is 200 Å². The zero-order valence-electron chi connectivity index (χ0n) is 65.0. The summed E-state index contributed by atoms with van der Waals surface area (Å²) < 4.78 is 0. The van der Waals surface area contributed by atoms with Crippen LogP contribution in [0.4, 0.5) is 0 Å². The van der Waals surface area contributed by atoms with Gasteiger partial charge in [-0.2, -0.15) is 0 Å². The molecule has 6 aromatic carbocycles. The summed E-state index contributed by atoms with van der Waals surface area (Å²) in [5, 5.41) is 250. The summed E-state index contributed by atoms with van der Waals surface area (Å²) in [6, 6.07) is 25.8. The Hall–Kier alpha value is -10.0. The molecule has 684 valence electrons. The molecule has 43 nitrogen and oxygen atoms in total. The van der Waals surface area contributed by atoms with E-state index >= 15 is 0 Å². The van der Waals surface area contributed by atoms with Gasteiger partial charge in [0.15, 0.2) is 39.8 Å². The van der Waals surface area contributed by atoms with Gasteiger partial charge in [-0.25, -0.2) is 14.4 Å². The van der Waals surface area contributed by atoms with Crippen LogP contribution in [0.1, 0.15) is 83.0 Å². The molecule has 3 aliphatic rings. The maximum atomic E-state index is 10.5. The van der Waals surface area contributed by atoms with Crippen LogP contribution < -0.4 is 0 Å². The minimum absolute atomic E-state index is 0. The first-order valence-corrected chi connectivity index (χ1v) is 35.4. The number of hydrogen-bond donors (Lipinski definition) is 28. The topological polar surface area (TPSA) is 863 Å². The number of aliphatic hydroxyl groups excluding tert-OH is 9. The van der Waals surface area contributed by atoms with E-state index in [-0.39, 0.29) is 130 Å². The Morgan fingerprint density at radius 2 is 0.472 bits per heavy atom. The number of carbonyl (C=O) groups is 9. The first-order valence-electron chi connectivity index (χ1n) is 35.4. The SMILES string of the molecule is Cc1ccc(CC([NH-])C(=O)O)cc1.Cc1ccc(CC([NH-])C(=O)O)cc1O.O=C(O)C1(O)C[C@@H](O)C(O)[C@H](O)C1.O=C(O)C1(O)C[C@@H](O)C(O)[C@H](O)C1.O=C(O)C1(O)C[C@@H](O)C(O)[C@H](O)C1.[Fe+3].[Fe+3].[Fe].[NH-]C(Cc1ccc(O)c(O)c1)C(=O)O.[NH-]C(Cc1ccc(O)c(O)c1)C(=O)O.[NH-]C(Cc1ccc(O)cc1)C(=O)O.[NH-]C(Cc1ccc(O)cc1)C(=O)O. The van der Waals surface area contributed by atoms with Crippen molar-refractivity contribution in [2.45, 2.75) is 199 Å². The summed E-state index contributed by atoms with van der Waals surface area (Å²) in [4.78, 5) is 93.7. The number of aliphatic carboxylic acids is 9. The number of rotatable bonds is 21. The average Bonchev–Trinajstić information content (AvgIpc) is 0.800. The number of aromatic hydroxyl groups is 7. The van der Waals surface area contributed by atoms with E-state index in [1.807, 2.05) is 31.2 Å². The number of carboxylic acids is 9. The number of aryl methyl sites for hydroxylation is 2. The van der Waals surface area contributed by atoms with Crippen molar-refractivity contribution in [3.05, 3.63) is 206 Å². The predicted molar refractivity (Wildman–Crippen MR) is 416 cm³/mol. The number of hydrogen-bond acceptors (Lipinski definition) is 28. The van der Waals surface area contributed by atoms with E-state index in [0.29, 0.717) is 16.7 Å². The Balaban J connectivity index is -0.00000131. The van der Waals surface area contributed by atoms with Crippen LogP contribution >= 0.6 is 0 Å². The fourth-order valence-electron chi connectivity index (χ4n) is 10.4. The zero-order valence-corrected chi connectivity index (χ0v) is 68.3. The molecule has 6 unspecified atom stereocenters. The Labute approximate surface area is 732 Å². The molecular weight excluding hydrogens is 1770 g/mol. The second-order valence-corrected chi connectivity index (χ2v) is 27.8. The van der Waals surface area contributed by atoms with Crippen molar-refractivity contribution < 1.29 is 237 Å². The molecule has 34 N–H and O–H groups in total. The Bertz CT molecular complexity index is 3830. The zero-order chi connectivity index (χ0) is 92.4. The third-order valence-corrected chi connectivity index (χ3v) is 17.6. The smallest absolute Gasteiger partial charge is 0.665 e. The van der Waals surface area contributed by atoms with Crippen LogP contribution in [-0.4, -0.2) is 305 Å². The van der Waals surface area contributed by atoms with Crippen molar-refractivity contribution in [1.82, 2.24) is 0 Å². The number of carboxylic acid groups (broad SMARTS) is 9. The number of benzene rings is 6. The van der Waals surface area contributed by atoms with E-state index in [0.717, 1.165) is 27.8 Å². The van der Waals surface area contributed by atoms with E-state index in [4.69, 9.17) is 157 Å². The van der Waals surface area contributed by atoms with Gasteiger partial charge in [-0.3, -0.25) is 28.8 Å². The Kier molecular flexibility index (Phi) is 52.6. The van der Waals surface area contributed by atoms with Gasteiger partial charge in [-0.1, -0.05) is 78.4 Å². The average molecular weight is 1870 g/mol. The van der Waals surface area contributed by atoms with Gasteiger partial charge in [0.05, 0.1) is 36.6 Å². The standard InChI is InChI=1S/C10H12NO3.C10H12NO2.2C9H10NO4.2C9H10NO3.3C7H12O6.3Fe/c1-6-2-3-7(5-9(6)12)4-8(11)10(13)14;1-7-2-4-8(5-3-7)6-9(11)10(12)13;2*10-6(9(13)14)3-5-1-2-7(11)8(12)4-5;2*10-8(9(12)13)5-6-1-3-7(11)4-2-6;3*8-3-1-7(13,6(11)12)2-4(9)5(3)10;;;/h2-3,5,8,11-12H,4H2,1H3,(H,13,14);2-5,9,11H,6H2,1H3,(H,12,13);2*1-2,4,6,10-12H,3H2,(H,13,14);2*1-4,8,10-11H,5H2,(H,12,13);3*3-5,8-10,13H,1-2H2,(H,11,12);;;/q6*-1;;;;;2*+3/t;;;;;;3*3-,4-,5?,7?;;;/m......111.../s1. The second kappa shape index (κ2) is 55.3. The third kappa shape index (κ3) is 42.3. The first-order chi connectivity index (χ1) is 55.4. The van der Waals surface area contributed by atoms with Crippen molar-refractivity contribution in [3.63, 3.8) is 0 Å². The van der Waals surface area contributed by atoms with Crippen molar-refractivity contribution in [2.24, 2.45) is 0 Å². The normalized spacial score (nSPS) is 22.7. The van der Waals surface area contributed by atoms with Crippen LogP contribution in [0.5, 0.6) is 40.2 Å². The van der Waals surface area contributed by atoms with Gasteiger partial charge in [-0.05, 0) is 182 Å². The molecule has 0 bridgehead atoms. The molecule has 2 radical (unpaired) electrons. The number of aliphatic hydroxyl groups is 12.